The number of nitrogens with one attached hydrogen (secondary N) is 1. The summed E-state index contributed by atoms with van der Waals surface area (Å²) in [4.78, 5) is 24.5. The number of hydrogen-bond acceptors (Lipinski definition) is 5. The molecular weight excluding hydrogens is 767 g/mol. The molecule has 0 aromatic rings. The molecule has 366 valence electrons. The lowest BCUT2D eigenvalue weighted by atomic mass is 10.0. The lowest BCUT2D eigenvalue weighted by molar-refractivity contribution is -0.143. The third kappa shape index (κ3) is 47.8. The minimum absolute atomic E-state index is 0.000559. The first kappa shape index (κ1) is 60.3. The van der Waals surface area contributed by atoms with Crippen molar-refractivity contribution in [2.45, 2.75) is 309 Å². The van der Waals surface area contributed by atoms with Crippen LogP contribution >= 0.6 is 0 Å². The third-order valence-corrected chi connectivity index (χ3v) is 12.7. The summed E-state index contributed by atoms with van der Waals surface area (Å²) in [6, 6.07) is -0.549. The highest BCUT2D eigenvalue weighted by molar-refractivity contribution is 5.76. The van der Waals surface area contributed by atoms with E-state index in [0.717, 1.165) is 57.8 Å². The molecule has 6 nitrogen and oxygen atoms in total. The molecule has 0 aliphatic heterocycles. The predicted molar refractivity (Wildman–Crippen MR) is 269 cm³/mol. The number of allylic oxidation sites excluding steroid dienone is 4. The van der Waals surface area contributed by atoms with Crippen LogP contribution in [0.2, 0.25) is 0 Å². The second-order valence-corrected chi connectivity index (χ2v) is 18.9. The SMILES string of the molecule is CCCCCCCC/C=C\CCCCCCCCCC(=O)OCCCCCCCCCCC/C=C\CCCCCCCC(=O)NC(CO)C(O)CCCCCCCCCCCC. The van der Waals surface area contributed by atoms with Crippen LogP contribution in [-0.4, -0.2) is 47.4 Å². The number of carbonyl (C=O) groups is 2. The molecule has 1 amide bonds. The normalized spacial score (nSPS) is 12.8. The average Bonchev–Trinajstić information content (AvgIpc) is 3.27. The fourth-order valence-corrected chi connectivity index (χ4v) is 8.45. The Morgan fingerprint density at radius 1 is 0.435 bits per heavy atom. The van der Waals surface area contributed by atoms with E-state index in [1.807, 2.05) is 0 Å². The number of carbonyl (C=O) groups excluding carboxylic acids is 2. The van der Waals surface area contributed by atoms with Gasteiger partial charge >= 0.3 is 5.97 Å². The quantitative estimate of drug-likeness (QED) is 0.0321. The molecule has 0 saturated heterocycles. The van der Waals surface area contributed by atoms with Crippen molar-refractivity contribution in [3.05, 3.63) is 24.3 Å². The van der Waals surface area contributed by atoms with Gasteiger partial charge in [-0.3, -0.25) is 9.59 Å². The van der Waals surface area contributed by atoms with Crippen molar-refractivity contribution < 1.29 is 24.5 Å². The smallest absolute Gasteiger partial charge is 0.305 e. The number of aliphatic hydroxyl groups excluding tert-OH is 2. The van der Waals surface area contributed by atoms with Gasteiger partial charge in [-0.15, -0.1) is 0 Å². The van der Waals surface area contributed by atoms with E-state index in [-0.39, 0.29) is 18.5 Å². The van der Waals surface area contributed by atoms with Crippen molar-refractivity contribution in [1.29, 1.82) is 0 Å². The molecule has 0 aromatic carbocycles. The van der Waals surface area contributed by atoms with Crippen LogP contribution < -0.4 is 5.32 Å². The summed E-state index contributed by atoms with van der Waals surface area (Å²) in [7, 11) is 0. The summed E-state index contributed by atoms with van der Waals surface area (Å²) in [5.74, 6) is -0.0516. The minimum atomic E-state index is -0.671. The number of amides is 1. The molecule has 0 rings (SSSR count). The highest BCUT2D eigenvalue weighted by Gasteiger charge is 2.20. The summed E-state index contributed by atoms with van der Waals surface area (Å²) in [5.41, 5.74) is 0. The Morgan fingerprint density at radius 3 is 1.15 bits per heavy atom. The minimum Gasteiger partial charge on any atom is -0.466 e. The monoisotopic (exact) mass is 874 g/mol. The van der Waals surface area contributed by atoms with Gasteiger partial charge in [0.1, 0.15) is 0 Å². The van der Waals surface area contributed by atoms with Crippen LogP contribution in [0.1, 0.15) is 296 Å². The zero-order valence-corrected chi connectivity index (χ0v) is 41.6. The topological polar surface area (TPSA) is 95.9 Å². The molecule has 0 aliphatic carbocycles. The summed E-state index contributed by atoms with van der Waals surface area (Å²) in [6.45, 7) is 4.92. The highest BCUT2D eigenvalue weighted by Crippen LogP contribution is 2.16. The van der Waals surface area contributed by atoms with Gasteiger partial charge in [0.15, 0.2) is 0 Å². The number of hydrogen-bond donors (Lipinski definition) is 3. The Morgan fingerprint density at radius 2 is 0.758 bits per heavy atom. The second kappa shape index (κ2) is 52.0. The van der Waals surface area contributed by atoms with Gasteiger partial charge in [-0.1, -0.05) is 231 Å². The summed E-state index contributed by atoms with van der Waals surface area (Å²) in [5, 5.41) is 23.1. The fourth-order valence-electron chi connectivity index (χ4n) is 8.45. The lowest BCUT2D eigenvalue weighted by Crippen LogP contribution is -2.45. The number of aliphatic hydroxyl groups is 2. The molecule has 0 heterocycles. The molecular formula is C56H107NO5. The van der Waals surface area contributed by atoms with Gasteiger partial charge in [-0.05, 0) is 77.0 Å². The summed E-state index contributed by atoms with van der Waals surface area (Å²) < 4.78 is 5.48. The Bertz CT molecular complexity index is 966. The van der Waals surface area contributed by atoms with E-state index in [1.54, 1.807) is 0 Å². The van der Waals surface area contributed by atoms with Gasteiger partial charge in [-0.25, -0.2) is 0 Å². The average molecular weight is 874 g/mol. The maximum atomic E-state index is 12.4. The summed E-state index contributed by atoms with van der Waals surface area (Å²) in [6.07, 6.45) is 61.6. The largest absolute Gasteiger partial charge is 0.466 e. The van der Waals surface area contributed by atoms with E-state index in [0.29, 0.717) is 25.9 Å². The zero-order valence-electron chi connectivity index (χ0n) is 41.6. The van der Waals surface area contributed by atoms with Crippen molar-refractivity contribution in [3.63, 3.8) is 0 Å². The van der Waals surface area contributed by atoms with E-state index < -0.39 is 12.1 Å². The zero-order chi connectivity index (χ0) is 45.1. The van der Waals surface area contributed by atoms with E-state index in [9.17, 15) is 19.8 Å². The van der Waals surface area contributed by atoms with Crippen molar-refractivity contribution in [3.8, 4) is 0 Å². The van der Waals surface area contributed by atoms with Crippen molar-refractivity contribution in [2.24, 2.45) is 0 Å². The fraction of sp³-hybridized carbons (Fsp3) is 0.893. The molecule has 6 heteroatoms. The molecule has 0 aromatic heterocycles. The molecule has 3 N–H and O–H groups in total. The van der Waals surface area contributed by atoms with Crippen LogP contribution in [0.4, 0.5) is 0 Å². The molecule has 0 aliphatic rings. The second-order valence-electron chi connectivity index (χ2n) is 18.9. The van der Waals surface area contributed by atoms with E-state index in [4.69, 9.17) is 4.74 Å². The van der Waals surface area contributed by atoms with E-state index in [2.05, 4.69) is 43.5 Å². The van der Waals surface area contributed by atoms with Crippen molar-refractivity contribution >= 4 is 11.9 Å². The molecule has 0 bridgehead atoms. The Hall–Kier alpha value is -1.66. The lowest BCUT2D eigenvalue weighted by Gasteiger charge is -2.22. The van der Waals surface area contributed by atoms with Crippen LogP contribution in [0, 0.1) is 0 Å². The van der Waals surface area contributed by atoms with Crippen LogP contribution in [0.3, 0.4) is 0 Å². The number of esters is 1. The van der Waals surface area contributed by atoms with Gasteiger partial charge in [0.2, 0.25) is 5.91 Å². The molecule has 2 unspecified atom stereocenters. The summed E-state index contributed by atoms with van der Waals surface area (Å²) >= 11 is 0. The molecule has 0 radical (unpaired) electrons. The Balaban J connectivity index is 3.42. The van der Waals surface area contributed by atoms with E-state index in [1.165, 1.54) is 205 Å². The van der Waals surface area contributed by atoms with Gasteiger partial charge in [0.25, 0.3) is 0 Å². The Labute approximate surface area is 386 Å². The van der Waals surface area contributed by atoms with Crippen LogP contribution in [0.5, 0.6) is 0 Å². The number of unbranched alkanes of at least 4 members (excludes halogenated alkanes) is 36. The molecule has 2 atom stereocenters. The maximum Gasteiger partial charge on any atom is 0.305 e. The first-order valence-electron chi connectivity index (χ1n) is 27.6. The molecule has 62 heavy (non-hydrogen) atoms. The first-order chi connectivity index (χ1) is 30.5. The van der Waals surface area contributed by atoms with Crippen molar-refractivity contribution in [2.75, 3.05) is 13.2 Å². The standard InChI is InChI=1S/C56H107NO5/c1-3-5-7-9-11-13-15-16-17-20-24-27-30-34-38-42-46-50-56(61)62-51-47-43-39-35-31-28-25-22-19-18-21-23-26-29-33-37-41-45-49-55(60)57-53(52-58)54(59)48-44-40-36-32-14-12-10-8-6-4-2/h16-17,21,23,53-54,58-59H,3-15,18-20,22,24-52H2,1-2H3,(H,57,60)/b17-16-,23-21-. The van der Waals surface area contributed by atoms with Crippen molar-refractivity contribution in [1.82, 2.24) is 5.32 Å². The third-order valence-electron chi connectivity index (χ3n) is 12.7. The first-order valence-corrected chi connectivity index (χ1v) is 27.6. The maximum absolute atomic E-state index is 12.4. The van der Waals surface area contributed by atoms with Crippen LogP contribution in [0.25, 0.3) is 0 Å². The van der Waals surface area contributed by atoms with Crippen LogP contribution in [-0.2, 0) is 14.3 Å². The van der Waals surface area contributed by atoms with Crippen LogP contribution in [0.15, 0.2) is 24.3 Å². The number of ether oxygens (including phenoxy) is 1. The van der Waals surface area contributed by atoms with Gasteiger partial charge in [0.05, 0.1) is 25.4 Å². The van der Waals surface area contributed by atoms with Gasteiger partial charge < -0.3 is 20.3 Å². The van der Waals surface area contributed by atoms with Gasteiger partial charge in [-0.2, -0.15) is 0 Å². The molecule has 0 saturated carbocycles. The molecule has 0 fully saturated rings. The van der Waals surface area contributed by atoms with E-state index >= 15 is 0 Å². The number of rotatable bonds is 51. The van der Waals surface area contributed by atoms with Gasteiger partial charge in [0, 0.05) is 12.8 Å². The predicted octanol–water partition coefficient (Wildman–Crippen LogP) is 16.7. The molecule has 0 spiro atoms. The highest BCUT2D eigenvalue weighted by atomic mass is 16.5. The Kier molecular flexibility index (Phi) is 50.6.